The topological polar surface area (TPSA) is 38.8 Å². The number of carbonyl (C=O) groups excluding carboxylic acids is 1. The zero-order chi connectivity index (χ0) is 16.9. The van der Waals surface area contributed by atoms with Gasteiger partial charge in [-0.05, 0) is 24.6 Å². The smallest absolute Gasteiger partial charge is 0.257 e. The number of amides is 1. The number of methoxy groups -OCH3 is 1. The third kappa shape index (κ3) is 3.77. The molecule has 0 aliphatic carbocycles. The van der Waals surface area contributed by atoms with Gasteiger partial charge in [-0.1, -0.05) is 42.5 Å². The number of para-hydroxylation sites is 1. The lowest BCUT2D eigenvalue weighted by molar-refractivity contribution is -0.0665. The lowest BCUT2D eigenvalue weighted by Gasteiger charge is -2.37. The largest absolute Gasteiger partial charge is 0.496 e. The lowest BCUT2D eigenvalue weighted by atomic mass is 10.0. The monoisotopic (exact) mass is 325 g/mol. The molecule has 2 unspecified atom stereocenters. The first-order chi connectivity index (χ1) is 11.7. The molecule has 0 radical (unpaired) electrons. The molecule has 0 saturated carbocycles. The fourth-order valence-corrected chi connectivity index (χ4v) is 3.19. The molecule has 1 saturated heterocycles. The van der Waals surface area contributed by atoms with Gasteiger partial charge in [-0.3, -0.25) is 4.79 Å². The van der Waals surface area contributed by atoms with Crippen molar-refractivity contribution in [3.63, 3.8) is 0 Å². The molecule has 0 bridgehead atoms. The van der Waals surface area contributed by atoms with Crippen LogP contribution in [-0.4, -0.2) is 43.2 Å². The molecule has 4 nitrogen and oxygen atoms in total. The standard InChI is InChI=1S/C20H23NO3/c1-15-13-21(20(22)18-10-6-7-11-19(18)23-2)14-17(24-15)12-16-8-4-3-5-9-16/h3-11,15,17H,12-14H2,1-2H3. The number of hydrogen-bond donors (Lipinski definition) is 0. The minimum absolute atomic E-state index is 0.000613. The second-order valence-corrected chi connectivity index (χ2v) is 6.17. The van der Waals surface area contributed by atoms with Crippen molar-refractivity contribution in [2.75, 3.05) is 20.2 Å². The summed E-state index contributed by atoms with van der Waals surface area (Å²) in [5.41, 5.74) is 1.83. The molecule has 0 spiro atoms. The Morgan fingerprint density at radius 2 is 1.83 bits per heavy atom. The van der Waals surface area contributed by atoms with Crippen LogP contribution in [0.2, 0.25) is 0 Å². The number of ether oxygens (including phenoxy) is 2. The van der Waals surface area contributed by atoms with Crippen LogP contribution >= 0.6 is 0 Å². The fraction of sp³-hybridized carbons (Fsp3) is 0.350. The molecule has 1 heterocycles. The quantitative estimate of drug-likeness (QED) is 0.867. The summed E-state index contributed by atoms with van der Waals surface area (Å²) in [7, 11) is 1.59. The highest BCUT2D eigenvalue weighted by Gasteiger charge is 2.30. The van der Waals surface area contributed by atoms with Gasteiger partial charge < -0.3 is 14.4 Å². The van der Waals surface area contributed by atoms with Crippen molar-refractivity contribution in [3.05, 3.63) is 65.7 Å². The van der Waals surface area contributed by atoms with E-state index in [1.807, 2.05) is 54.3 Å². The minimum Gasteiger partial charge on any atom is -0.496 e. The SMILES string of the molecule is COc1ccccc1C(=O)N1CC(C)OC(Cc2ccccc2)C1. The van der Waals surface area contributed by atoms with Crippen LogP contribution in [0.3, 0.4) is 0 Å². The second-order valence-electron chi connectivity index (χ2n) is 6.17. The molecule has 1 aliphatic rings. The average Bonchev–Trinajstić information content (AvgIpc) is 2.61. The van der Waals surface area contributed by atoms with Crippen molar-refractivity contribution in [1.82, 2.24) is 4.90 Å². The average molecular weight is 325 g/mol. The Bertz CT molecular complexity index is 686. The van der Waals surface area contributed by atoms with Gasteiger partial charge in [0.2, 0.25) is 0 Å². The van der Waals surface area contributed by atoms with E-state index in [-0.39, 0.29) is 18.1 Å². The Morgan fingerprint density at radius 3 is 2.58 bits per heavy atom. The van der Waals surface area contributed by atoms with Gasteiger partial charge in [0, 0.05) is 19.5 Å². The normalized spacial score (nSPS) is 20.7. The van der Waals surface area contributed by atoms with E-state index in [2.05, 4.69) is 12.1 Å². The van der Waals surface area contributed by atoms with Gasteiger partial charge in [0.05, 0.1) is 24.9 Å². The second kappa shape index (κ2) is 7.49. The Balaban J connectivity index is 1.74. The van der Waals surface area contributed by atoms with Crippen molar-refractivity contribution in [2.45, 2.75) is 25.6 Å². The highest BCUT2D eigenvalue weighted by Crippen LogP contribution is 2.22. The molecule has 3 rings (SSSR count). The summed E-state index contributed by atoms with van der Waals surface area (Å²) < 4.78 is 11.4. The van der Waals surface area contributed by atoms with E-state index in [4.69, 9.17) is 9.47 Å². The van der Waals surface area contributed by atoms with E-state index < -0.39 is 0 Å². The maximum Gasteiger partial charge on any atom is 0.257 e. The highest BCUT2D eigenvalue weighted by atomic mass is 16.5. The van der Waals surface area contributed by atoms with Crippen molar-refractivity contribution in [2.24, 2.45) is 0 Å². The van der Waals surface area contributed by atoms with Crippen molar-refractivity contribution in [1.29, 1.82) is 0 Å². The predicted octanol–water partition coefficient (Wildman–Crippen LogP) is 3.17. The van der Waals surface area contributed by atoms with Gasteiger partial charge in [0.25, 0.3) is 5.91 Å². The summed E-state index contributed by atoms with van der Waals surface area (Å²) in [6, 6.07) is 17.6. The number of carbonyl (C=O) groups is 1. The van der Waals surface area contributed by atoms with Gasteiger partial charge in [-0.25, -0.2) is 0 Å². The molecule has 2 atom stereocenters. The summed E-state index contributed by atoms with van der Waals surface area (Å²) in [4.78, 5) is 14.8. The Hall–Kier alpha value is -2.33. The molecule has 1 aliphatic heterocycles. The molecule has 2 aromatic carbocycles. The first-order valence-electron chi connectivity index (χ1n) is 8.29. The number of rotatable bonds is 4. The number of nitrogens with zero attached hydrogens (tertiary/aromatic N) is 1. The third-order valence-corrected chi connectivity index (χ3v) is 4.26. The molecule has 24 heavy (non-hydrogen) atoms. The van der Waals surface area contributed by atoms with Crippen molar-refractivity contribution >= 4 is 5.91 Å². The Labute approximate surface area is 143 Å². The Morgan fingerprint density at radius 1 is 1.12 bits per heavy atom. The molecular formula is C20H23NO3. The van der Waals surface area contributed by atoms with Crippen LogP contribution in [0.15, 0.2) is 54.6 Å². The Kier molecular flexibility index (Phi) is 5.16. The van der Waals surface area contributed by atoms with Crippen LogP contribution in [-0.2, 0) is 11.2 Å². The van der Waals surface area contributed by atoms with Crippen molar-refractivity contribution < 1.29 is 14.3 Å². The van der Waals surface area contributed by atoms with E-state index in [0.717, 1.165) is 6.42 Å². The summed E-state index contributed by atoms with van der Waals surface area (Å²) in [6.07, 6.45) is 0.835. The van der Waals surface area contributed by atoms with Crippen LogP contribution in [0.25, 0.3) is 0 Å². The van der Waals surface area contributed by atoms with Crippen LogP contribution in [0, 0.1) is 0 Å². The van der Waals surface area contributed by atoms with Crippen LogP contribution in [0.1, 0.15) is 22.8 Å². The molecule has 2 aromatic rings. The number of benzene rings is 2. The van der Waals surface area contributed by atoms with Gasteiger partial charge >= 0.3 is 0 Å². The number of morpholine rings is 1. The summed E-state index contributed by atoms with van der Waals surface area (Å²) in [5, 5.41) is 0. The van der Waals surface area contributed by atoms with E-state index in [1.165, 1.54) is 5.56 Å². The van der Waals surface area contributed by atoms with Crippen LogP contribution in [0.4, 0.5) is 0 Å². The van der Waals surface area contributed by atoms with Crippen LogP contribution < -0.4 is 4.74 Å². The zero-order valence-corrected chi connectivity index (χ0v) is 14.1. The van der Waals surface area contributed by atoms with E-state index in [1.54, 1.807) is 7.11 Å². The lowest BCUT2D eigenvalue weighted by Crippen LogP contribution is -2.49. The molecule has 0 aromatic heterocycles. The minimum atomic E-state index is 0.000613. The van der Waals surface area contributed by atoms with E-state index in [0.29, 0.717) is 24.4 Å². The maximum absolute atomic E-state index is 12.9. The highest BCUT2D eigenvalue weighted by molar-refractivity contribution is 5.97. The summed E-state index contributed by atoms with van der Waals surface area (Å²) >= 11 is 0. The fourth-order valence-electron chi connectivity index (χ4n) is 3.19. The molecular weight excluding hydrogens is 302 g/mol. The summed E-state index contributed by atoms with van der Waals surface area (Å²) in [6.45, 7) is 3.21. The van der Waals surface area contributed by atoms with Gasteiger partial charge in [0.1, 0.15) is 5.75 Å². The van der Waals surface area contributed by atoms with Gasteiger partial charge in [-0.2, -0.15) is 0 Å². The van der Waals surface area contributed by atoms with Gasteiger partial charge in [0.15, 0.2) is 0 Å². The molecule has 1 fully saturated rings. The number of hydrogen-bond acceptors (Lipinski definition) is 3. The third-order valence-electron chi connectivity index (χ3n) is 4.26. The molecule has 1 amide bonds. The van der Waals surface area contributed by atoms with E-state index >= 15 is 0 Å². The molecule has 0 N–H and O–H groups in total. The van der Waals surface area contributed by atoms with Gasteiger partial charge in [-0.15, -0.1) is 0 Å². The molecule has 4 heteroatoms. The zero-order valence-electron chi connectivity index (χ0n) is 14.1. The van der Waals surface area contributed by atoms with Crippen LogP contribution in [0.5, 0.6) is 5.75 Å². The van der Waals surface area contributed by atoms with Crippen molar-refractivity contribution in [3.8, 4) is 5.75 Å². The first kappa shape index (κ1) is 16.5. The first-order valence-corrected chi connectivity index (χ1v) is 8.29. The summed E-state index contributed by atoms with van der Waals surface area (Å²) in [5.74, 6) is 0.613. The molecule has 126 valence electrons. The predicted molar refractivity (Wildman–Crippen MR) is 93.4 cm³/mol. The van der Waals surface area contributed by atoms with E-state index in [9.17, 15) is 4.79 Å². The maximum atomic E-state index is 12.9.